The molecule has 10 nitrogen and oxygen atoms in total. The summed E-state index contributed by atoms with van der Waals surface area (Å²) >= 11 is 0.983. The summed E-state index contributed by atoms with van der Waals surface area (Å²) in [7, 11) is 1.41. The van der Waals surface area contributed by atoms with Crippen molar-refractivity contribution in [1.82, 2.24) is 30.6 Å². The molecule has 0 aliphatic carbocycles. The molecule has 0 unspecified atom stereocenters. The average Bonchev–Trinajstić information content (AvgIpc) is 3.29. The summed E-state index contributed by atoms with van der Waals surface area (Å²) in [5.74, 6) is -0.470. The van der Waals surface area contributed by atoms with Gasteiger partial charge in [0.15, 0.2) is 5.69 Å². The van der Waals surface area contributed by atoms with Gasteiger partial charge in [0, 0.05) is 12.4 Å². The summed E-state index contributed by atoms with van der Waals surface area (Å²) in [5.41, 5.74) is 1.06. The normalized spacial score (nSPS) is 10.8. The van der Waals surface area contributed by atoms with E-state index >= 15 is 0 Å². The topological polar surface area (TPSA) is 132 Å². The van der Waals surface area contributed by atoms with Gasteiger partial charge in [-0.2, -0.15) is 5.10 Å². The van der Waals surface area contributed by atoms with Crippen LogP contribution in [0.3, 0.4) is 0 Å². The van der Waals surface area contributed by atoms with Crippen molar-refractivity contribution in [1.29, 1.82) is 0 Å². The first-order valence-electron chi connectivity index (χ1n) is 9.57. The molecule has 0 spiro atoms. The highest BCUT2D eigenvalue weighted by Gasteiger charge is 2.18. The van der Waals surface area contributed by atoms with Crippen molar-refractivity contribution in [2.45, 2.75) is 11.8 Å². The number of rotatable bonds is 6. The van der Waals surface area contributed by atoms with Crippen LogP contribution in [-0.4, -0.2) is 44.7 Å². The van der Waals surface area contributed by atoms with Crippen molar-refractivity contribution in [3.63, 3.8) is 0 Å². The summed E-state index contributed by atoms with van der Waals surface area (Å²) in [6.07, 6.45) is 0. The maximum atomic E-state index is 13.0. The van der Waals surface area contributed by atoms with E-state index in [2.05, 4.69) is 25.9 Å². The number of hydrogen-bond donors (Lipinski definition) is 2. The Balaban J connectivity index is 1.64. The van der Waals surface area contributed by atoms with Crippen LogP contribution < -0.4 is 16.2 Å². The lowest BCUT2D eigenvalue weighted by molar-refractivity contribution is -0.117. The summed E-state index contributed by atoms with van der Waals surface area (Å²) in [6, 6.07) is 16.0. The Bertz CT molecular complexity index is 1340. The SMILES string of the molecule is CNC(=O)NC(=O)CSc1nnc(-c2nn(Cc3ccccc3)c(=O)c3ccccc23)o1. The van der Waals surface area contributed by atoms with Gasteiger partial charge in [-0.1, -0.05) is 60.3 Å². The van der Waals surface area contributed by atoms with Crippen molar-refractivity contribution in [3.8, 4) is 11.6 Å². The van der Waals surface area contributed by atoms with Crippen LogP contribution >= 0.6 is 11.8 Å². The van der Waals surface area contributed by atoms with Crippen molar-refractivity contribution in [2.24, 2.45) is 0 Å². The van der Waals surface area contributed by atoms with E-state index in [0.717, 1.165) is 17.3 Å². The van der Waals surface area contributed by atoms with Gasteiger partial charge in [0.1, 0.15) is 0 Å². The fourth-order valence-electron chi connectivity index (χ4n) is 2.97. The number of carbonyl (C=O) groups is 2. The number of amides is 3. The minimum atomic E-state index is -0.599. The van der Waals surface area contributed by atoms with Gasteiger partial charge in [-0.05, 0) is 11.6 Å². The van der Waals surface area contributed by atoms with Gasteiger partial charge in [-0.15, -0.1) is 10.2 Å². The zero-order valence-corrected chi connectivity index (χ0v) is 17.8. The molecule has 2 aromatic carbocycles. The number of benzene rings is 2. The van der Waals surface area contributed by atoms with E-state index in [9.17, 15) is 14.4 Å². The Labute approximate surface area is 186 Å². The molecule has 0 bridgehead atoms. The maximum Gasteiger partial charge on any atom is 0.321 e. The number of nitrogens with zero attached hydrogens (tertiary/aromatic N) is 4. The second kappa shape index (κ2) is 9.43. The first-order chi connectivity index (χ1) is 15.5. The molecule has 0 aliphatic heterocycles. The van der Waals surface area contributed by atoms with Crippen LogP contribution in [0, 0.1) is 0 Å². The Morgan fingerprint density at radius 1 is 1.03 bits per heavy atom. The number of aromatic nitrogens is 4. The van der Waals surface area contributed by atoms with Crippen molar-refractivity contribution < 1.29 is 14.0 Å². The molecule has 0 atom stereocenters. The van der Waals surface area contributed by atoms with Crippen LogP contribution in [0.15, 0.2) is 69.0 Å². The number of hydrogen-bond acceptors (Lipinski definition) is 8. The fourth-order valence-corrected chi connectivity index (χ4v) is 3.54. The quantitative estimate of drug-likeness (QED) is 0.427. The summed E-state index contributed by atoms with van der Waals surface area (Å²) in [5, 5.41) is 18.1. The van der Waals surface area contributed by atoms with Gasteiger partial charge in [-0.25, -0.2) is 9.48 Å². The molecule has 162 valence electrons. The second-order valence-electron chi connectivity index (χ2n) is 6.63. The molecular weight excluding hydrogens is 432 g/mol. The number of thioether (sulfide) groups is 1. The van der Waals surface area contributed by atoms with E-state index in [-0.39, 0.29) is 29.0 Å². The number of fused-ring (bicyclic) bond motifs is 1. The maximum absolute atomic E-state index is 13.0. The number of urea groups is 1. The predicted octanol–water partition coefficient (Wildman–Crippen LogP) is 2.04. The van der Waals surface area contributed by atoms with E-state index in [0.29, 0.717) is 16.5 Å². The molecule has 0 radical (unpaired) electrons. The van der Waals surface area contributed by atoms with Gasteiger partial charge in [0.25, 0.3) is 16.7 Å². The third-order valence-corrected chi connectivity index (χ3v) is 5.28. The lowest BCUT2D eigenvalue weighted by Gasteiger charge is -2.09. The molecule has 0 aliphatic rings. The smallest absolute Gasteiger partial charge is 0.321 e. The molecular formula is C21H18N6O4S. The zero-order valence-electron chi connectivity index (χ0n) is 16.9. The first kappa shape index (κ1) is 21.2. The Morgan fingerprint density at radius 2 is 1.75 bits per heavy atom. The van der Waals surface area contributed by atoms with Gasteiger partial charge in [0.05, 0.1) is 17.7 Å². The molecule has 32 heavy (non-hydrogen) atoms. The Kier molecular flexibility index (Phi) is 6.26. The average molecular weight is 450 g/mol. The standard InChI is InChI=1S/C21H18N6O4S/c1-22-20(30)23-16(28)12-32-21-25-24-18(31-21)17-14-9-5-6-10-15(14)19(29)27(26-17)11-13-7-3-2-4-8-13/h2-10H,11-12H2,1H3,(H2,22,23,28,30). The number of nitrogens with one attached hydrogen (secondary N) is 2. The second-order valence-corrected chi connectivity index (χ2v) is 7.56. The van der Waals surface area contributed by atoms with E-state index in [1.807, 2.05) is 30.3 Å². The van der Waals surface area contributed by atoms with Crippen LogP contribution in [0.2, 0.25) is 0 Å². The Hall–Kier alpha value is -3.99. The highest BCUT2D eigenvalue weighted by atomic mass is 32.2. The summed E-state index contributed by atoms with van der Waals surface area (Å²) in [6.45, 7) is 0.285. The van der Waals surface area contributed by atoms with Crippen molar-refractivity contribution in [2.75, 3.05) is 12.8 Å². The van der Waals surface area contributed by atoms with Gasteiger partial charge in [0.2, 0.25) is 5.91 Å². The van der Waals surface area contributed by atoms with Gasteiger partial charge < -0.3 is 9.73 Å². The lowest BCUT2D eigenvalue weighted by atomic mass is 10.1. The van der Waals surface area contributed by atoms with E-state index < -0.39 is 11.9 Å². The van der Waals surface area contributed by atoms with Crippen molar-refractivity contribution >= 4 is 34.5 Å². The highest BCUT2D eigenvalue weighted by molar-refractivity contribution is 7.99. The van der Waals surface area contributed by atoms with E-state index in [1.54, 1.807) is 24.3 Å². The third-order valence-electron chi connectivity index (χ3n) is 4.46. The molecule has 0 fully saturated rings. The van der Waals surface area contributed by atoms with Crippen molar-refractivity contribution in [3.05, 3.63) is 70.5 Å². The summed E-state index contributed by atoms with van der Waals surface area (Å²) < 4.78 is 7.05. The molecule has 4 rings (SSSR count). The number of carbonyl (C=O) groups excluding carboxylic acids is 2. The highest BCUT2D eigenvalue weighted by Crippen LogP contribution is 2.26. The molecule has 2 heterocycles. The van der Waals surface area contributed by atoms with Gasteiger partial charge in [-0.3, -0.25) is 14.9 Å². The molecule has 3 amide bonds. The molecule has 0 saturated carbocycles. The largest absolute Gasteiger partial charge is 0.409 e. The lowest BCUT2D eigenvalue weighted by Crippen LogP contribution is -2.38. The third kappa shape index (κ3) is 4.67. The van der Waals surface area contributed by atoms with Crippen LogP contribution in [-0.2, 0) is 11.3 Å². The minimum absolute atomic E-state index is 0.0866. The zero-order chi connectivity index (χ0) is 22.5. The molecule has 4 aromatic rings. The first-order valence-corrected chi connectivity index (χ1v) is 10.6. The molecule has 0 saturated heterocycles. The summed E-state index contributed by atoms with van der Waals surface area (Å²) in [4.78, 5) is 35.9. The molecule has 2 aromatic heterocycles. The van der Waals surface area contributed by atoms with E-state index in [4.69, 9.17) is 4.42 Å². The van der Waals surface area contributed by atoms with Crippen LogP contribution in [0.1, 0.15) is 5.56 Å². The molecule has 2 N–H and O–H groups in total. The molecule has 11 heteroatoms. The Morgan fingerprint density at radius 3 is 2.50 bits per heavy atom. The van der Waals surface area contributed by atoms with Crippen LogP contribution in [0.5, 0.6) is 0 Å². The van der Waals surface area contributed by atoms with Crippen LogP contribution in [0.4, 0.5) is 4.79 Å². The minimum Gasteiger partial charge on any atom is -0.409 e. The number of imide groups is 1. The van der Waals surface area contributed by atoms with Crippen LogP contribution in [0.25, 0.3) is 22.4 Å². The van der Waals surface area contributed by atoms with E-state index in [1.165, 1.54) is 11.7 Å². The predicted molar refractivity (Wildman–Crippen MR) is 118 cm³/mol. The van der Waals surface area contributed by atoms with Gasteiger partial charge >= 0.3 is 6.03 Å². The fraction of sp³-hybridized carbons (Fsp3) is 0.143. The monoisotopic (exact) mass is 450 g/mol.